The minimum atomic E-state index is 0.289. The molecule has 2 heterocycles. The summed E-state index contributed by atoms with van der Waals surface area (Å²) in [5, 5.41) is 0. The van der Waals surface area contributed by atoms with Gasteiger partial charge in [-0.05, 0) is 115 Å². The lowest BCUT2D eigenvalue weighted by Gasteiger charge is -2.36. The summed E-state index contributed by atoms with van der Waals surface area (Å²) in [5.74, 6) is 0. The molecule has 6 aromatic rings. The van der Waals surface area contributed by atoms with Crippen LogP contribution >= 0.6 is 0 Å². The van der Waals surface area contributed by atoms with Crippen LogP contribution in [0.25, 0.3) is 0 Å². The zero-order chi connectivity index (χ0) is 37.2. The molecule has 2 aliphatic rings. The van der Waals surface area contributed by atoms with Crippen LogP contribution in [0.1, 0.15) is 55.6 Å². The average Bonchev–Trinajstić information content (AvgIpc) is 3.07. The fourth-order valence-electron chi connectivity index (χ4n) is 9.35. The zero-order valence-corrected chi connectivity index (χ0v) is 33.3. The summed E-state index contributed by atoms with van der Waals surface area (Å²) in [4.78, 5) is 4.69. The predicted molar refractivity (Wildman–Crippen MR) is 231 cm³/mol. The highest BCUT2D eigenvalue weighted by Crippen LogP contribution is 2.29. The molecule has 0 aromatic heterocycles. The van der Waals surface area contributed by atoms with Crippen molar-refractivity contribution in [1.82, 2.24) is 0 Å². The molecule has 0 spiro atoms. The van der Waals surface area contributed by atoms with Gasteiger partial charge in [0, 0.05) is 36.8 Å². The number of aryl methyl sites for hydroxylation is 10. The van der Waals surface area contributed by atoms with Gasteiger partial charge in [0.2, 0.25) is 13.4 Å². The smallest absolute Gasteiger partial charge is 0.247 e. The molecule has 0 bridgehead atoms. The van der Waals surface area contributed by atoms with Gasteiger partial charge in [-0.25, -0.2) is 0 Å². The lowest BCUT2D eigenvalue weighted by Crippen LogP contribution is -2.59. The number of fused-ring (bicyclic) bond motifs is 4. The van der Waals surface area contributed by atoms with Crippen molar-refractivity contribution in [2.24, 2.45) is 0 Å². The highest BCUT2D eigenvalue weighted by atomic mass is 15.1. The van der Waals surface area contributed by atoms with Crippen LogP contribution in [-0.2, 0) is 0 Å². The Hall–Kier alpha value is -4.95. The maximum absolute atomic E-state index is 2.38. The first kappa shape index (κ1) is 35.5. The fourth-order valence-corrected chi connectivity index (χ4v) is 9.35. The first-order valence-corrected chi connectivity index (χ1v) is 18.8. The lowest BCUT2D eigenvalue weighted by molar-refractivity contribution is 1.21. The molecule has 0 radical (unpaired) electrons. The highest BCUT2D eigenvalue weighted by Gasteiger charge is 2.36. The quantitative estimate of drug-likeness (QED) is 0.174. The Kier molecular flexibility index (Phi) is 9.24. The van der Waals surface area contributed by atoms with Crippen molar-refractivity contribution in [3.8, 4) is 0 Å². The van der Waals surface area contributed by atoms with Crippen LogP contribution in [0, 0.1) is 69.2 Å². The Morgan fingerprint density at radius 2 is 0.538 bits per heavy atom. The topological polar surface area (TPSA) is 6.48 Å². The predicted octanol–water partition coefficient (Wildman–Crippen LogP) is 7.65. The molecular formula is C48H52B2N2. The maximum atomic E-state index is 2.38. The first-order valence-electron chi connectivity index (χ1n) is 18.8. The summed E-state index contributed by atoms with van der Waals surface area (Å²) in [5.41, 5.74) is 27.4. The molecule has 0 amide bonds. The van der Waals surface area contributed by atoms with Gasteiger partial charge in [-0.1, -0.05) is 139 Å². The van der Waals surface area contributed by atoms with Crippen LogP contribution in [0.15, 0.2) is 97.1 Å². The summed E-state index contributed by atoms with van der Waals surface area (Å²) in [7, 11) is 4.38. The Balaban J connectivity index is 0.000000162. The number of hydrogen-bond acceptors (Lipinski definition) is 2. The number of hydrogen-bond donors (Lipinski definition) is 0. The van der Waals surface area contributed by atoms with Crippen LogP contribution in [0.4, 0.5) is 22.7 Å². The minimum Gasteiger partial charge on any atom is -0.345 e. The average molecular weight is 679 g/mol. The van der Waals surface area contributed by atoms with E-state index in [9.17, 15) is 0 Å². The Morgan fingerprint density at radius 1 is 0.308 bits per heavy atom. The van der Waals surface area contributed by atoms with Gasteiger partial charge < -0.3 is 9.80 Å². The van der Waals surface area contributed by atoms with E-state index in [4.69, 9.17) is 0 Å². The number of nitrogens with zero attached hydrogens (tertiary/aromatic N) is 2. The van der Waals surface area contributed by atoms with Crippen molar-refractivity contribution in [3.05, 3.63) is 153 Å². The van der Waals surface area contributed by atoms with E-state index >= 15 is 0 Å². The second-order valence-electron chi connectivity index (χ2n) is 15.9. The number of benzene rings is 6. The summed E-state index contributed by atoms with van der Waals surface area (Å²) in [6.07, 6.45) is 0. The van der Waals surface area contributed by atoms with Crippen LogP contribution in [0.2, 0.25) is 0 Å². The zero-order valence-electron chi connectivity index (χ0n) is 33.3. The molecule has 6 aromatic carbocycles. The van der Waals surface area contributed by atoms with Crippen LogP contribution < -0.4 is 42.6 Å². The molecule has 52 heavy (non-hydrogen) atoms. The third-order valence-electron chi connectivity index (χ3n) is 11.5. The van der Waals surface area contributed by atoms with E-state index in [-0.39, 0.29) is 13.4 Å². The Morgan fingerprint density at radius 3 is 0.769 bits per heavy atom. The van der Waals surface area contributed by atoms with Crippen molar-refractivity contribution < 1.29 is 0 Å². The molecule has 0 unspecified atom stereocenters. The van der Waals surface area contributed by atoms with Crippen molar-refractivity contribution in [3.63, 3.8) is 0 Å². The molecule has 0 saturated carbocycles. The monoisotopic (exact) mass is 678 g/mol. The van der Waals surface area contributed by atoms with E-state index in [1.54, 1.807) is 0 Å². The molecule has 0 fully saturated rings. The van der Waals surface area contributed by atoms with Crippen molar-refractivity contribution in [2.45, 2.75) is 69.2 Å². The first-order chi connectivity index (χ1) is 24.7. The van der Waals surface area contributed by atoms with Gasteiger partial charge in [-0.2, -0.15) is 0 Å². The second kappa shape index (κ2) is 13.5. The maximum Gasteiger partial charge on any atom is 0.247 e. The normalized spacial score (nSPS) is 12.8. The molecule has 0 aliphatic carbocycles. The fraction of sp³-hybridized carbons (Fsp3) is 0.250. The van der Waals surface area contributed by atoms with E-state index in [0.717, 1.165) is 0 Å². The highest BCUT2D eigenvalue weighted by molar-refractivity contribution is 6.99. The molecule has 0 N–H and O–H groups in total. The summed E-state index contributed by atoms with van der Waals surface area (Å²) in [6, 6.07) is 36.8. The van der Waals surface area contributed by atoms with E-state index in [1.807, 2.05) is 0 Å². The minimum absolute atomic E-state index is 0.289. The van der Waals surface area contributed by atoms with Crippen LogP contribution in [0.3, 0.4) is 0 Å². The van der Waals surface area contributed by atoms with Crippen molar-refractivity contribution in [1.29, 1.82) is 0 Å². The summed E-state index contributed by atoms with van der Waals surface area (Å²) in [6.45, 7) is 22.8. The lowest BCUT2D eigenvalue weighted by atomic mass is 9.33. The van der Waals surface area contributed by atoms with E-state index in [2.05, 4.69) is 190 Å². The molecule has 0 saturated heterocycles. The van der Waals surface area contributed by atoms with Crippen LogP contribution in [-0.4, -0.2) is 27.5 Å². The summed E-state index contributed by atoms with van der Waals surface area (Å²) < 4.78 is 0. The van der Waals surface area contributed by atoms with Gasteiger partial charge >= 0.3 is 0 Å². The van der Waals surface area contributed by atoms with Gasteiger partial charge in [0.15, 0.2) is 0 Å². The van der Waals surface area contributed by atoms with Gasteiger partial charge in [-0.15, -0.1) is 0 Å². The third kappa shape index (κ3) is 6.17. The Bertz CT molecular complexity index is 2050. The SMILES string of the molecule is Cc1cc(C)c(B2c3cc(C)ccc3N(C)c3ccc(C)cc32)c(C)c1.Cc1cc(C)c(B2c3cc(C)ccc3N(C)c3ccc(C)cc32)c(C)c1. The van der Waals surface area contributed by atoms with Crippen LogP contribution in [0.5, 0.6) is 0 Å². The molecule has 8 rings (SSSR count). The molecular weight excluding hydrogens is 626 g/mol. The molecule has 2 nitrogen and oxygen atoms in total. The van der Waals surface area contributed by atoms with Crippen molar-refractivity contribution in [2.75, 3.05) is 23.9 Å². The second-order valence-corrected chi connectivity index (χ2v) is 15.9. The van der Waals surface area contributed by atoms with Crippen molar-refractivity contribution >= 4 is 69.0 Å². The van der Waals surface area contributed by atoms with E-state index in [1.165, 1.54) is 111 Å². The van der Waals surface area contributed by atoms with E-state index < -0.39 is 0 Å². The summed E-state index contributed by atoms with van der Waals surface area (Å²) >= 11 is 0. The van der Waals surface area contributed by atoms with Gasteiger partial charge in [0.25, 0.3) is 0 Å². The number of anilines is 4. The van der Waals surface area contributed by atoms with Gasteiger partial charge in [0.1, 0.15) is 0 Å². The standard InChI is InChI=1S/2C24H26BN/c2*1-15-7-9-22-20(13-15)25(24-18(4)11-17(3)12-19(24)5)21-14-16(2)8-10-23(21)26(22)6/h2*7-14H,1-6H3. The van der Waals surface area contributed by atoms with Gasteiger partial charge in [0.05, 0.1) is 0 Å². The molecule has 2 aliphatic heterocycles. The number of rotatable bonds is 2. The molecule has 4 heteroatoms. The largest absolute Gasteiger partial charge is 0.345 e. The van der Waals surface area contributed by atoms with E-state index in [0.29, 0.717) is 0 Å². The molecule has 0 atom stereocenters. The van der Waals surface area contributed by atoms with Gasteiger partial charge in [-0.3, -0.25) is 0 Å². The Labute approximate surface area is 313 Å². The molecule has 260 valence electrons. The third-order valence-corrected chi connectivity index (χ3v) is 11.5.